The van der Waals surface area contributed by atoms with Crippen molar-refractivity contribution in [3.63, 3.8) is 0 Å². The van der Waals surface area contributed by atoms with Gasteiger partial charge >= 0.3 is 6.09 Å². The molecule has 178 valence electrons. The van der Waals surface area contributed by atoms with Gasteiger partial charge in [0.25, 0.3) is 0 Å². The molecule has 10 heteroatoms. The van der Waals surface area contributed by atoms with Gasteiger partial charge in [-0.3, -0.25) is 4.90 Å². The Labute approximate surface area is 205 Å². The third-order valence-electron chi connectivity index (χ3n) is 4.91. The van der Waals surface area contributed by atoms with Crippen LogP contribution in [-0.4, -0.2) is 38.0 Å². The molecule has 0 N–H and O–H groups in total. The highest BCUT2D eigenvalue weighted by atomic mass is 79.9. The van der Waals surface area contributed by atoms with E-state index in [9.17, 15) is 9.18 Å². The molecule has 0 unspecified atom stereocenters. The molecule has 0 fully saturated rings. The number of benzene rings is 1. The van der Waals surface area contributed by atoms with Crippen molar-refractivity contribution in [1.29, 1.82) is 0 Å². The maximum Gasteiger partial charge on any atom is 0.416 e. The average molecular weight is 530 g/mol. The van der Waals surface area contributed by atoms with Crippen molar-refractivity contribution in [2.75, 3.05) is 11.5 Å². The number of nitrogens with zero attached hydrogens (tertiary/aromatic N) is 5. The highest BCUT2D eigenvalue weighted by Crippen LogP contribution is 2.30. The first-order valence-electron chi connectivity index (χ1n) is 10.8. The second-order valence-corrected chi connectivity index (χ2v) is 9.59. The monoisotopic (exact) mass is 529 g/mol. The fourth-order valence-corrected chi connectivity index (χ4v) is 3.77. The van der Waals surface area contributed by atoms with Crippen LogP contribution in [0.5, 0.6) is 5.75 Å². The molecule has 8 nitrogen and oxygen atoms in total. The summed E-state index contributed by atoms with van der Waals surface area (Å²) >= 11 is 3.24. The molecular weight excluding hydrogens is 505 g/mol. The van der Waals surface area contributed by atoms with Crippen LogP contribution in [0, 0.1) is 5.82 Å². The maximum absolute atomic E-state index is 14.3. The van der Waals surface area contributed by atoms with E-state index in [2.05, 4.69) is 26.1 Å². The lowest BCUT2D eigenvalue weighted by molar-refractivity contribution is 0.0576. The van der Waals surface area contributed by atoms with Gasteiger partial charge in [0.05, 0.1) is 17.6 Å². The maximum atomic E-state index is 14.3. The van der Waals surface area contributed by atoms with Crippen molar-refractivity contribution in [2.45, 2.75) is 45.9 Å². The van der Waals surface area contributed by atoms with E-state index in [1.165, 1.54) is 11.0 Å². The summed E-state index contributed by atoms with van der Waals surface area (Å²) in [5, 5.41) is 8.23. The minimum Gasteiger partial charge on any atom is -0.493 e. The van der Waals surface area contributed by atoms with E-state index >= 15 is 0 Å². The summed E-state index contributed by atoms with van der Waals surface area (Å²) in [4.78, 5) is 19.4. The van der Waals surface area contributed by atoms with Crippen molar-refractivity contribution in [3.8, 4) is 17.3 Å². The quantitative estimate of drug-likeness (QED) is 0.356. The van der Waals surface area contributed by atoms with Crippen molar-refractivity contribution < 1.29 is 18.7 Å². The van der Waals surface area contributed by atoms with E-state index < -0.39 is 17.5 Å². The zero-order chi connectivity index (χ0) is 24.3. The fraction of sp³-hybridized carbons (Fsp3) is 0.333. The first kappa shape index (κ1) is 23.9. The molecule has 2 bridgehead atoms. The lowest BCUT2D eigenvalue weighted by Crippen LogP contribution is -2.37. The Kier molecular flexibility index (Phi) is 6.97. The van der Waals surface area contributed by atoms with Gasteiger partial charge in [-0.05, 0) is 61.3 Å². The Balaban J connectivity index is 1.83. The molecule has 3 aromatic rings. The summed E-state index contributed by atoms with van der Waals surface area (Å²) in [6.45, 7) is 6.32. The summed E-state index contributed by atoms with van der Waals surface area (Å²) in [6.07, 6.45) is 5.63. The lowest BCUT2D eigenvalue weighted by Gasteiger charge is -2.27. The number of pyridine rings is 1. The third-order valence-corrected chi connectivity index (χ3v) is 5.52. The number of hydrogen-bond donors (Lipinski definition) is 0. The van der Waals surface area contributed by atoms with Crippen molar-refractivity contribution in [2.24, 2.45) is 0 Å². The topological polar surface area (TPSA) is 82.4 Å². The smallest absolute Gasteiger partial charge is 0.416 e. The van der Waals surface area contributed by atoms with Gasteiger partial charge in [-0.2, -0.15) is 0 Å². The molecule has 4 rings (SSSR count). The van der Waals surface area contributed by atoms with Crippen LogP contribution in [0.15, 0.2) is 53.3 Å². The van der Waals surface area contributed by atoms with Gasteiger partial charge < -0.3 is 14.0 Å². The van der Waals surface area contributed by atoms with Crippen LogP contribution in [0.25, 0.3) is 11.5 Å². The van der Waals surface area contributed by atoms with Crippen LogP contribution in [0.4, 0.5) is 15.0 Å². The number of aromatic nitrogens is 4. The molecule has 0 spiro atoms. The number of amides is 1. The van der Waals surface area contributed by atoms with E-state index in [1.54, 1.807) is 45.3 Å². The molecule has 0 saturated carbocycles. The van der Waals surface area contributed by atoms with E-state index in [0.29, 0.717) is 48.2 Å². The molecule has 0 radical (unpaired) electrons. The van der Waals surface area contributed by atoms with Crippen LogP contribution in [0.3, 0.4) is 0 Å². The number of rotatable bonds is 0. The molecule has 0 saturated heterocycles. The van der Waals surface area contributed by atoms with E-state index in [4.69, 9.17) is 14.5 Å². The molecule has 2 aromatic heterocycles. The van der Waals surface area contributed by atoms with E-state index in [1.807, 2.05) is 22.8 Å². The highest BCUT2D eigenvalue weighted by molar-refractivity contribution is 9.10. The van der Waals surface area contributed by atoms with Crippen LogP contribution < -0.4 is 9.64 Å². The van der Waals surface area contributed by atoms with Crippen LogP contribution in [0.1, 0.15) is 32.8 Å². The minimum atomic E-state index is -0.722. The SMILES string of the molecule is CC(C)(C)OC(=O)N1Cc2cc(Br)c(F)cc2OCC/C=C/Cn2cnnc2-c2cccc1n2. The Morgan fingerprint density at radius 2 is 2.06 bits per heavy atom. The predicted octanol–water partition coefficient (Wildman–Crippen LogP) is 5.52. The number of hydrogen-bond acceptors (Lipinski definition) is 6. The molecule has 1 amide bonds. The molecule has 3 heterocycles. The number of halogens is 2. The molecule has 0 aliphatic carbocycles. The summed E-state index contributed by atoms with van der Waals surface area (Å²) in [5.74, 6) is 0.838. The average Bonchev–Trinajstić information content (AvgIpc) is 3.24. The standard InChI is InChI=1S/C24H25BrFN5O3/c1-24(2,3)34-23(32)31-14-16-12-17(25)18(26)13-20(16)33-11-6-4-5-10-30-15-27-29-22(30)19-8-7-9-21(31)28-19/h4-5,7-9,12-13,15H,6,10-11,14H2,1-3H3/b5-4+. The van der Waals surface area contributed by atoms with Crippen LogP contribution in [0.2, 0.25) is 0 Å². The van der Waals surface area contributed by atoms with Crippen molar-refractivity contribution in [1.82, 2.24) is 19.7 Å². The Hall–Kier alpha value is -3.27. The summed E-state index contributed by atoms with van der Waals surface area (Å²) in [6, 6.07) is 8.24. The fourth-order valence-electron chi connectivity index (χ4n) is 3.38. The second-order valence-electron chi connectivity index (χ2n) is 8.74. The number of anilines is 1. The Bertz CT molecular complexity index is 1220. The van der Waals surface area contributed by atoms with Gasteiger partial charge in [0.2, 0.25) is 0 Å². The lowest BCUT2D eigenvalue weighted by atomic mass is 10.1. The molecular formula is C24H25BrFN5O3. The summed E-state index contributed by atoms with van der Waals surface area (Å²) in [7, 11) is 0. The first-order valence-corrected chi connectivity index (χ1v) is 11.6. The van der Waals surface area contributed by atoms with Gasteiger partial charge in [-0.15, -0.1) is 10.2 Å². The van der Waals surface area contributed by atoms with Crippen LogP contribution >= 0.6 is 15.9 Å². The highest BCUT2D eigenvalue weighted by Gasteiger charge is 2.27. The van der Waals surface area contributed by atoms with Gasteiger partial charge in [-0.1, -0.05) is 18.2 Å². The Morgan fingerprint density at radius 1 is 1.24 bits per heavy atom. The molecule has 1 aromatic carbocycles. The number of fused-ring (bicyclic) bond motifs is 5. The van der Waals surface area contributed by atoms with E-state index in [0.717, 1.165) is 0 Å². The second kappa shape index (κ2) is 9.92. The number of allylic oxidation sites excluding steroid dienone is 1. The largest absolute Gasteiger partial charge is 0.493 e. The molecule has 1 aliphatic rings. The third kappa shape index (κ3) is 5.61. The van der Waals surface area contributed by atoms with Gasteiger partial charge in [0.1, 0.15) is 35.0 Å². The Morgan fingerprint density at radius 3 is 2.85 bits per heavy atom. The zero-order valence-electron chi connectivity index (χ0n) is 19.2. The molecule has 1 aliphatic heterocycles. The van der Waals surface area contributed by atoms with Gasteiger partial charge in [0.15, 0.2) is 5.82 Å². The molecule has 34 heavy (non-hydrogen) atoms. The molecule has 0 atom stereocenters. The van der Waals surface area contributed by atoms with E-state index in [-0.39, 0.29) is 11.0 Å². The number of carbonyl (C=O) groups is 1. The summed E-state index contributed by atoms with van der Waals surface area (Å²) in [5.41, 5.74) is 0.442. The number of carbonyl (C=O) groups excluding carboxylic acids is 1. The minimum absolute atomic E-state index is 0.0576. The zero-order valence-corrected chi connectivity index (χ0v) is 20.7. The van der Waals surface area contributed by atoms with Gasteiger partial charge in [-0.25, -0.2) is 14.2 Å². The van der Waals surface area contributed by atoms with Crippen molar-refractivity contribution in [3.05, 3.63) is 64.7 Å². The van der Waals surface area contributed by atoms with Crippen molar-refractivity contribution >= 4 is 27.8 Å². The van der Waals surface area contributed by atoms with Gasteiger partial charge in [0, 0.05) is 18.2 Å². The normalized spacial score (nSPS) is 15.3. The van der Waals surface area contributed by atoms with Crippen LogP contribution in [-0.2, 0) is 17.8 Å². The summed E-state index contributed by atoms with van der Waals surface area (Å²) < 4.78 is 28.0. The first-order chi connectivity index (χ1) is 16.2. The predicted molar refractivity (Wildman–Crippen MR) is 129 cm³/mol. The number of ether oxygens (including phenoxy) is 2.